The second-order valence-electron chi connectivity index (χ2n) is 12.1. The summed E-state index contributed by atoms with van der Waals surface area (Å²) in [6.45, 7) is 14.7. The zero-order valence-electron chi connectivity index (χ0n) is 24.4. The summed E-state index contributed by atoms with van der Waals surface area (Å²) < 4.78 is 17.6. The Kier molecular flexibility index (Phi) is 9.80. The molecule has 0 aromatic heterocycles. The van der Waals surface area contributed by atoms with Gasteiger partial charge in [-0.1, -0.05) is 48.5 Å². The Morgan fingerprint density at radius 2 is 1.31 bits per heavy atom. The lowest BCUT2D eigenvalue weighted by molar-refractivity contribution is -0.135. The van der Waals surface area contributed by atoms with Crippen molar-refractivity contribution in [1.82, 2.24) is 10.6 Å². The molecule has 2 aromatic rings. The molecule has 0 heterocycles. The van der Waals surface area contributed by atoms with Crippen molar-refractivity contribution >= 4 is 12.0 Å². The van der Waals surface area contributed by atoms with Crippen molar-refractivity contribution < 1.29 is 28.9 Å². The van der Waals surface area contributed by atoms with Gasteiger partial charge in [-0.15, -0.1) is 0 Å². The molecule has 39 heavy (non-hydrogen) atoms. The lowest BCUT2D eigenvalue weighted by Gasteiger charge is -2.34. The molecule has 8 nitrogen and oxygen atoms in total. The zero-order valence-corrected chi connectivity index (χ0v) is 24.4. The Labute approximate surface area is 232 Å². The van der Waals surface area contributed by atoms with Gasteiger partial charge in [0.1, 0.15) is 12.6 Å². The van der Waals surface area contributed by atoms with Gasteiger partial charge >= 0.3 is 6.09 Å². The van der Waals surface area contributed by atoms with E-state index in [-0.39, 0.29) is 19.1 Å². The number of hydrogen-bond donors (Lipinski definition) is 3. The molecule has 214 valence electrons. The number of nitrogens with one attached hydrogen (secondary N) is 2. The van der Waals surface area contributed by atoms with Gasteiger partial charge in [0.25, 0.3) is 0 Å². The van der Waals surface area contributed by atoms with Crippen LogP contribution in [0.15, 0.2) is 48.5 Å². The smallest absolute Gasteiger partial charge is 0.407 e. The third-order valence-electron chi connectivity index (χ3n) is 6.54. The standard InChI is InChI=1S/C31H44N2O6/c1-19(38-30(3,4)5)26(17-34)32-28(35)27(20(2)39-31(6,7)8)33-29(36)37-18-25-23-15-11-9-13-21(23)22-14-10-12-16-24(22)25/h9-16,19-20,25-27,34H,17-18H2,1-8H3,(H,32,35)(H,33,36)/t19-,20-,26-,27+/m1/s1. The summed E-state index contributed by atoms with van der Waals surface area (Å²) in [6.07, 6.45) is -1.86. The molecule has 4 atom stereocenters. The number of benzene rings is 2. The Hall–Kier alpha value is -2.94. The molecular weight excluding hydrogens is 496 g/mol. The minimum atomic E-state index is -1.06. The SMILES string of the molecule is C[C@@H](OC(C)(C)C)[C@H](NC(=O)OCC1c2ccccc2-c2ccccc21)C(=O)N[C@H](CO)[C@@H](C)OC(C)(C)C. The van der Waals surface area contributed by atoms with E-state index in [2.05, 4.69) is 22.8 Å². The first kappa shape index (κ1) is 30.6. The molecule has 1 aliphatic rings. The van der Waals surface area contributed by atoms with Gasteiger partial charge in [-0.2, -0.15) is 0 Å². The van der Waals surface area contributed by atoms with Crippen molar-refractivity contribution in [2.75, 3.05) is 13.2 Å². The first-order valence-electron chi connectivity index (χ1n) is 13.6. The monoisotopic (exact) mass is 540 g/mol. The molecule has 2 aromatic carbocycles. The number of ether oxygens (including phenoxy) is 3. The molecule has 1 aliphatic carbocycles. The van der Waals surface area contributed by atoms with Crippen molar-refractivity contribution in [2.24, 2.45) is 0 Å². The largest absolute Gasteiger partial charge is 0.449 e. The summed E-state index contributed by atoms with van der Waals surface area (Å²) in [7, 11) is 0. The number of amides is 2. The van der Waals surface area contributed by atoms with Crippen LogP contribution in [0.3, 0.4) is 0 Å². The minimum Gasteiger partial charge on any atom is -0.449 e. The van der Waals surface area contributed by atoms with Crippen molar-refractivity contribution in [3.8, 4) is 11.1 Å². The highest BCUT2D eigenvalue weighted by Crippen LogP contribution is 2.44. The summed E-state index contributed by atoms with van der Waals surface area (Å²) in [5.74, 6) is -0.600. The van der Waals surface area contributed by atoms with Crippen LogP contribution in [0.4, 0.5) is 4.79 Å². The highest BCUT2D eigenvalue weighted by molar-refractivity contribution is 5.86. The molecule has 2 amide bonds. The van der Waals surface area contributed by atoms with Gasteiger partial charge in [-0.3, -0.25) is 4.79 Å². The fraction of sp³-hybridized carbons (Fsp3) is 0.548. The number of carbonyl (C=O) groups excluding carboxylic acids is 2. The third-order valence-corrected chi connectivity index (χ3v) is 6.54. The highest BCUT2D eigenvalue weighted by atomic mass is 16.6. The van der Waals surface area contributed by atoms with Gasteiger partial charge in [-0.05, 0) is 77.6 Å². The van der Waals surface area contributed by atoms with E-state index in [1.165, 1.54) is 0 Å². The molecule has 0 spiro atoms. The number of aliphatic hydroxyl groups excluding tert-OH is 1. The van der Waals surface area contributed by atoms with Crippen molar-refractivity contribution in [3.05, 3.63) is 59.7 Å². The molecule has 0 aliphatic heterocycles. The number of alkyl carbamates (subject to hydrolysis) is 1. The molecule has 0 saturated heterocycles. The third kappa shape index (κ3) is 8.27. The van der Waals surface area contributed by atoms with Crippen molar-refractivity contribution in [3.63, 3.8) is 0 Å². The van der Waals surface area contributed by atoms with Crippen LogP contribution in [0.1, 0.15) is 72.4 Å². The van der Waals surface area contributed by atoms with Crippen LogP contribution in [0.5, 0.6) is 0 Å². The van der Waals surface area contributed by atoms with E-state index >= 15 is 0 Å². The van der Waals surface area contributed by atoms with Crippen LogP contribution in [-0.4, -0.2) is 65.8 Å². The summed E-state index contributed by atoms with van der Waals surface area (Å²) >= 11 is 0. The number of rotatable bonds is 10. The predicted molar refractivity (Wildman–Crippen MR) is 152 cm³/mol. The Morgan fingerprint density at radius 1 is 0.821 bits per heavy atom. The highest BCUT2D eigenvalue weighted by Gasteiger charge is 2.35. The minimum absolute atomic E-state index is 0.104. The lowest BCUT2D eigenvalue weighted by Crippen LogP contribution is -2.58. The van der Waals surface area contributed by atoms with Crippen LogP contribution in [0.2, 0.25) is 0 Å². The van der Waals surface area contributed by atoms with Crippen LogP contribution < -0.4 is 10.6 Å². The average Bonchev–Trinajstić information content (AvgIpc) is 3.16. The fourth-order valence-electron chi connectivity index (χ4n) is 5.01. The normalized spacial score (nSPS) is 16.4. The predicted octanol–water partition coefficient (Wildman–Crippen LogP) is 4.78. The maximum Gasteiger partial charge on any atom is 0.407 e. The first-order valence-corrected chi connectivity index (χ1v) is 13.6. The Balaban J connectivity index is 1.72. The second-order valence-corrected chi connectivity index (χ2v) is 12.1. The first-order chi connectivity index (χ1) is 18.2. The van der Waals surface area contributed by atoms with Gasteiger partial charge in [0.15, 0.2) is 0 Å². The van der Waals surface area contributed by atoms with E-state index in [1.807, 2.05) is 77.9 Å². The van der Waals surface area contributed by atoms with E-state index in [9.17, 15) is 14.7 Å². The van der Waals surface area contributed by atoms with Crippen LogP contribution in [0, 0.1) is 0 Å². The molecule has 3 N–H and O–H groups in total. The summed E-state index contributed by atoms with van der Waals surface area (Å²) in [5.41, 5.74) is 3.45. The molecule has 0 unspecified atom stereocenters. The van der Waals surface area contributed by atoms with Crippen LogP contribution in [-0.2, 0) is 19.0 Å². The molecule has 3 rings (SSSR count). The average molecular weight is 541 g/mol. The van der Waals surface area contributed by atoms with Crippen LogP contribution >= 0.6 is 0 Å². The maximum atomic E-state index is 13.4. The second kappa shape index (κ2) is 12.5. The number of fused-ring (bicyclic) bond motifs is 3. The zero-order chi connectivity index (χ0) is 29.0. The van der Waals surface area contributed by atoms with E-state index in [1.54, 1.807) is 13.8 Å². The summed E-state index contributed by atoms with van der Waals surface area (Å²) in [5, 5.41) is 15.5. The molecule has 0 fully saturated rings. The lowest BCUT2D eigenvalue weighted by atomic mass is 9.98. The van der Waals surface area contributed by atoms with Crippen LogP contribution in [0.25, 0.3) is 11.1 Å². The Bertz CT molecular complexity index is 1090. The van der Waals surface area contributed by atoms with Gasteiger partial charge in [-0.25, -0.2) is 4.79 Å². The Morgan fingerprint density at radius 3 is 1.79 bits per heavy atom. The molecule has 8 heteroatoms. The van der Waals surface area contributed by atoms with Gasteiger partial charge in [0.05, 0.1) is 36.1 Å². The van der Waals surface area contributed by atoms with E-state index < -0.39 is 47.5 Å². The number of carbonyl (C=O) groups is 2. The summed E-state index contributed by atoms with van der Waals surface area (Å²) in [4.78, 5) is 26.4. The number of aliphatic hydroxyl groups is 1. The van der Waals surface area contributed by atoms with Gasteiger partial charge < -0.3 is 30.0 Å². The van der Waals surface area contributed by atoms with E-state index in [0.29, 0.717) is 0 Å². The molecule has 0 radical (unpaired) electrons. The number of hydrogen-bond acceptors (Lipinski definition) is 6. The van der Waals surface area contributed by atoms with Gasteiger partial charge in [0, 0.05) is 5.92 Å². The quantitative estimate of drug-likeness (QED) is 0.401. The maximum absolute atomic E-state index is 13.4. The summed E-state index contributed by atoms with van der Waals surface area (Å²) in [6, 6.07) is 14.5. The molecule has 0 bridgehead atoms. The fourth-order valence-corrected chi connectivity index (χ4v) is 5.01. The van der Waals surface area contributed by atoms with Crippen molar-refractivity contribution in [2.45, 2.75) is 96.8 Å². The molecular formula is C31H44N2O6. The van der Waals surface area contributed by atoms with Crippen molar-refractivity contribution in [1.29, 1.82) is 0 Å². The van der Waals surface area contributed by atoms with E-state index in [0.717, 1.165) is 22.3 Å². The van der Waals surface area contributed by atoms with Gasteiger partial charge in [0.2, 0.25) is 5.91 Å². The molecule has 0 saturated carbocycles. The topological polar surface area (TPSA) is 106 Å². The van der Waals surface area contributed by atoms with E-state index in [4.69, 9.17) is 14.2 Å².